The highest BCUT2D eigenvalue weighted by molar-refractivity contribution is 9.10. The van der Waals surface area contributed by atoms with Crippen LogP contribution in [-0.4, -0.2) is 23.6 Å². The molecule has 2 rings (SSSR count). The highest BCUT2D eigenvalue weighted by atomic mass is 79.9. The molecular weight excluding hydrogens is 254 g/mol. The molecule has 2 heterocycles. The molecule has 1 aromatic rings. The number of anilines is 1. The summed E-state index contributed by atoms with van der Waals surface area (Å²) in [7, 11) is 0. The van der Waals surface area contributed by atoms with Crippen molar-refractivity contribution in [3.8, 4) is 0 Å². The number of aromatic nitrogens is 1. The zero-order chi connectivity index (χ0) is 11.0. The van der Waals surface area contributed by atoms with E-state index in [0.29, 0.717) is 6.04 Å². The number of pyridine rings is 1. The first-order valence-electron chi connectivity index (χ1n) is 5.24. The summed E-state index contributed by atoms with van der Waals surface area (Å²) in [5, 5.41) is 0. The Balaban J connectivity index is 2.34. The number of halogens is 1. The van der Waals surface area contributed by atoms with Crippen LogP contribution in [0, 0.1) is 6.92 Å². The Bertz CT molecular complexity index is 367. The quantitative estimate of drug-likeness (QED) is 0.849. The van der Waals surface area contributed by atoms with Crippen molar-refractivity contribution in [2.24, 2.45) is 5.73 Å². The Kier molecular flexibility index (Phi) is 2.98. The van der Waals surface area contributed by atoms with Crippen LogP contribution in [0.3, 0.4) is 0 Å². The smallest absolute Gasteiger partial charge is 0.143 e. The van der Waals surface area contributed by atoms with Gasteiger partial charge in [-0.2, -0.15) is 0 Å². The van der Waals surface area contributed by atoms with Crippen molar-refractivity contribution >= 4 is 21.7 Å². The van der Waals surface area contributed by atoms with Crippen LogP contribution in [-0.2, 0) is 0 Å². The van der Waals surface area contributed by atoms with Gasteiger partial charge in [0.1, 0.15) is 5.82 Å². The molecule has 82 valence electrons. The molecule has 3 nitrogen and oxygen atoms in total. The fourth-order valence-corrected chi connectivity index (χ4v) is 2.45. The van der Waals surface area contributed by atoms with Gasteiger partial charge in [0.05, 0.1) is 4.47 Å². The standard InChI is InChI=1S/C11H16BrN3/c1-7-3-5-14-11(10(7)12)15-6-4-9(13)8(15)2/h3,5,8-9H,4,6,13H2,1-2H3. The van der Waals surface area contributed by atoms with E-state index >= 15 is 0 Å². The summed E-state index contributed by atoms with van der Waals surface area (Å²) < 4.78 is 1.09. The maximum absolute atomic E-state index is 6.01. The zero-order valence-electron chi connectivity index (χ0n) is 9.07. The van der Waals surface area contributed by atoms with Gasteiger partial charge in [-0.25, -0.2) is 4.98 Å². The normalized spacial score (nSPS) is 26.0. The van der Waals surface area contributed by atoms with Gasteiger partial charge in [0, 0.05) is 24.8 Å². The van der Waals surface area contributed by atoms with E-state index in [1.165, 1.54) is 5.56 Å². The van der Waals surface area contributed by atoms with Crippen molar-refractivity contribution in [2.45, 2.75) is 32.4 Å². The Hall–Kier alpha value is -0.610. The summed E-state index contributed by atoms with van der Waals surface area (Å²) in [6.45, 7) is 5.24. The van der Waals surface area contributed by atoms with Gasteiger partial charge in [0.2, 0.25) is 0 Å². The summed E-state index contributed by atoms with van der Waals surface area (Å²) in [5.41, 5.74) is 7.22. The average molecular weight is 270 g/mol. The van der Waals surface area contributed by atoms with E-state index in [1.807, 2.05) is 12.3 Å². The molecule has 0 saturated carbocycles. The predicted octanol–water partition coefficient (Wildman–Crippen LogP) is 2.08. The third-order valence-electron chi connectivity index (χ3n) is 3.15. The summed E-state index contributed by atoms with van der Waals surface area (Å²) in [4.78, 5) is 6.71. The van der Waals surface area contributed by atoms with Crippen LogP contribution in [0.4, 0.5) is 5.82 Å². The molecule has 1 aliphatic heterocycles. The lowest BCUT2D eigenvalue weighted by Gasteiger charge is -2.25. The number of hydrogen-bond acceptors (Lipinski definition) is 3. The lowest BCUT2D eigenvalue weighted by Crippen LogP contribution is -2.37. The van der Waals surface area contributed by atoms with Crippen molar-refractivity contribution in [3.63, 3.8) is 0 Å². The first-order valence-corrected chi connectivity index (χ1v) is 6.04. The van der Waals surface area contributed by atoms with Crippen LogP contribution in [0.15, 0.2) is 16.7 Å². The molecule has 0 aliphatic carbocycles. The molecule has 0 aromatic carbocycles. The van der Waals surface area contributed by atoms with Crippen molar-refractivity contribution in [3.05, 3.63) is 22.3 Å². The highest BCUT2D eigenvalue weighted by Gasteiger charge is 2.29. The molecule has 4 heteroatoms. The molecule has 1 aromatic heterocycles. The SMILES string of the molecule is Cc1ccnc(N2CCC(N)C2C)c1Br. The Labute approximate surface area is 98.8 Å². The number of nitrogens with two attached hydrogens (primary N) is 1. The molecule has 1 saturated heterocycles. The molecule has 2 N–H and O–H groups in total. The van der Waals surface area contributed by atoms with Crippen LogP contribution in [0.1, 0.15) is 18.9 Å². The first kappa shape index (κ1) is 10.9. The summed E-state index contributed by atoms with van der Waals surface area (Å²) >= 11 is 3.59. The predicted molar refractivity (Wildman–Crippen MR) is 66.1 cm³/mol. The van der Waals surface area contributed by atoms with Crippen LogP contribution in [0.5, 0.6) is 0 Å². The number of aryl methyl sites for hydroxylation is 1. The van der Waals surface area contributed by atoms with Crippen LogP contribution in [0.25, 0.3) is 0 Å². The third-order valence-corrected chi connectivity index (χ3v) is 4.13. The average Bonchev–Trinajstić information content (AvgIpc) is 2.53. The van der Waals surface area contributed by atoms with Crippen molar-refractivity contribution in [2.75, 3.05) is 11.4 Å². The topological polar surface area (TPSA) is 42.2 Å². The molecule has 1 fully saturated rings. The van der Waals surface area contributed by atoms with Gasteiger partial charge in [-0.15, -0.1) is 0 Å². The van der Waals surface area contributed by atoms with Crippen molar-refractivity contribution in [1.82, 2.24) is 4.98 Å². The number of nitrogens with zero attached hydrogens (tertiary/aromatic N) is 2. The van der Waals surface area contributed by atoms with Gasteiger partial charge in [-0.1, -0.05) is 0 Å². The second kappa shape index (κ2) is 4.10. The van der Waals surface area contributed by atoms with Crippen LogP contribution >= 0.6 is 15.9 Å². The van der Waals surface area contributed by atoms with E-state index in [-0.39, 0.29) is 6.04 Å². The van der Waals surface area contributed by atoms with Gasteiger partial charge in [0.15, 0.2) is 0 Å². The molecule has 1 aliphatic rings. The lowest BCUT2D eigenvalue weighted by molar-refractivity contribution is 0.621. The Morgan fingerprint density at radius 3 is 2.93 bits per heavy atom. The minimum atomic E-state index is 0.263. The van der Waals surface area contributed by atoms with E-state index in [4.69, 9.17) is 5.73 Å². The molecule has 0 bridgehead atoms. The van der Waals surface area contributed by atoms with Gasteiger partial charge < -0.3 is 10.6 Å². The second-order valence-corrected chi connectivity index (χ2v) is 4.94. The van der Waals surface area contributed by atoms with Gasteiger partial charge in [-0.05, 0) is 47.8 Å². The summed E-state index contributed by atoms with van der Waals surface area (Å²) in [6, 6.07) is 2.64. The fraction of sp³-hybridized carbons (Fsp3) is 0.545. The summed E-state index contributed by atoms with van der Waals surface area (Å²) in [5.74, 6) is 1.02. The fourth-order valence-electron chi connectivity index (χ4n) is 1.99. The molecular formula is C11H16BrN3. The minimum absolute atomic E-state index is 0.263. The molecule has 2 unspecified atom stereocenters. The number of hydrogen-bond donors (Lipinski definition) is 1. The van der Waals surface area contributed by atoms with E-state index < -0.39 is 0 Å². The van der Waals surface area contributed by atoms with Gasteiger partial charge in [-0.3, -0.25) is 0 Å². The first-order chi connectivity index (χ1) is 7.11. The maximum atomic E-state index is 6.01. The van der Waals surface area contributed by atoms with Crippen molar-refractivity contribution in [1.29, 1.82) is 0 Å². The van der Waals surface area contributed by atoms with E-state index in [1.54, 1.807) is 0 Å². The van der Waals surface area contributed by atoms with E-state index in [2.05, 4.69) is 39.7 Å². The molecule has 2 atom stereocenters. The number of rotatable bonds is 1. The van der Waals surface area contributed by atoms with Crippen LogP contribution in [0.2, 0.25) is 0 Å². The highest BCUT2D eigenvalue weighted by Crippen LogP contribution is 2.31. The van der Waals surface area contributed by atoms with Crippen LogP contribution < -0.4 is 10.6 Å². The minimum Gasteiger partial charge on any atom is -0.351 e. The monoisotopic (exact) mass is 269 g/mol. The molecule has 0 radical (unpaired) electrons. The summed E-state index contributed by atoms with van der Waals surface area (Å²) in [6.07, 6.45) is 2.90. The molecule has 0 spiro atoms. The largest absolute Gasteiger partial charge is 0.351 e. The van der Waals surface area contributed by atoms with E-state index in [9.17, 15) is 0 Å². The zero-order valence-corrected chi connectivity index (χ0v) is 10.7. The van der Waals surface area contributed by atoms with Crippen molar-refractivity contribution < 1.29 is 0 Å². The van der Waals surface area contributed by atoms with E-state index in [0.717, 1.165) is 23.3 Å². The Morgan fingerprint density at radius 2 is 2.33 bits per heavy atom. The maximum Gasteiger partial charge on any atom is 0.143 e. The third kappa shape index (κ3) is 1.88. The lowest BCUT2D eigenvalue weighted by atomic mass is 10.2. The van der Waals surface area contributed by atoms with Gasteiger partial charge >= 0.3 is 0 Å². The Morgan fingerprint density at radius 1 is 1.60 bits per heavy atom. The molecule has 0 amide bonds. The van der Waals surface area contributed by atoms with Gasteiger partial charge in [0.25, 0.3) is 0 Å². The molecule has 15 heavy (non-hydrogen) atoms. The second-order valence-electron chi connectivity index (χ2n) is 4.15.